The van der Waals surface area contributed by atoms with E-state index in [0.717, 1.165) is 17.0 Å². The molecule has 4 nitrogen and oxygen atoms in total. The van der Waals surface area contributed by atoms with Gasteiger partial charge in [-0.1, -0.05) is 29.8 Å². The second-order valence-electron chi connectivity index (χ2n) is 5.21. The quantitative estimate of drug-likeness (QED) is 0.624. The molecular weight excluding hydrogens is 290 g/mol. The van der Waals surface area contributed by atoms with E-state index in [-0.39, 0.29) is 5.97 Å². The van der Waals surface area contributed by atoms with Gasteiger partial charge in [0.15, 0.2) is 0 Å². The number of benzene rings is 2. The zero-order valence-electron chi connectivity index (χ0n) is 13.9. The van der Waals surface area contributed by atoms with Crippen molar-refractivity contribution in [3.63, 3.8) is 0 Å². The van der Waals surface area contributed by atoms with Crippen molar-refractivity contribution >= 4 is 17.2 Å². The lowest BCUT2D eigenvalue weighted by molar-refractivity contribution is -0.133. The minimum Gasteiger partial charge on any atom is -0.497 e. The molecule has 0 aliphatic heterocycles. The smallest absolute Gasteiger partial charge is 0.339 e. The molecule has 4 heteroatoms. The summed E-state index contributed by atoms with van der Waals surface area (Å²) in [5.74, 6) is 0.360. The molecule has 0 amide bonds. The third-order valence-corrected chi connectivity index (χ3v) is 3.57. The van der Waals surface area contributed by atoms with E-state index in [1.807, 2.05) is 67.4 Å². The summed E-state index contributed by atoms with van der Waals surface area (Å²) < 4.78 is 10.1. The van der Waals surface area contributed by atoms with Gasteiger partial charge in [-0.05, 0) is 36.8 Å². The van der Waals surface area contributed by atoms with Crippen molar-refractivity contribution in [3.05, 3.63) is 65.9 Å². The van der Waals surface area contributed by atoms with Gasteiger partial charge in [0.05, 0.1) is 19.8 Å². The minimum atomic E-state index is -0.380. The van der Waals surface area contributed by atoms with Gasteiger partial charge in [0.1, 0.15) is 5.75 Å². The van der Waals surface area contributed by atoms with E-state index in [1.165, 1.54) is 12.7 Å². The summed E-state index contributed by atoms with van der Waals surface area (Å²) in [6, 6.07) is 15.4. The number of esters is 1. The number of carbonyl (C=O) groups is 1. The molecule has 2 rings (SSSR count). The molecule has 0 unspecified atom stereocenters. The summed E-state index contributed by atoms with van der Waals surface area (Å²) in [5, 5.41) is 0. The lowest BCUT2D eigenvalue weighted by atomic mass is 10.1. The van der Waals surface area contributed by atoms with Crippen molar-refractivity contribution in [2.45, 2.75) is 6.92 Å². The van der Waals surface area contributed by atoms with Crippen LogP contribution in [0.5, 0.6) is 5.75 Å². The second kappa shape index (κ2) is 7.49. The molecule has 2 aromatic rings. The van der Waals surface area contributed by atoms with Gasteiger partial charge in [0.2, 0.25) is 0 Å². The third kappa shape index (κ3) is 4.13. The Labute approximate surface area is 137 Å². The third-order valence-electron chi connectivity index (χ3n) is 3.57. The van der Waals surface area contributed by atoms with Crippen LogP contribution < -0.4 is 9.64 Å². The van der Waals surface area contributed by atoms with E-state index in [4.69, 9.17) is 9.47 Å². The molecule has 0 aliphatic carbocycles. The number of rotatable bonds is 5. The average Bonchev–Trinajstić information content (AvgIpc) is 2.59. The van der Waals surface area contributed by atoms with Crippen molar-refractivity contribution in [2.24, 2.45) is 0 Å². The van der Waals surface area contributed by atoms with Gasteiger partial charge in [0, 0.05) is 18.9 Å². The summed E-state index contributed by atoms with van der Waals surface area (Å²) in [7, 11) is 4.89. The number of hydrogen-bond donors (Lipinski definition) is 0. The number of carbonyl (C=O) groups excluding carboxylic acids is 1. The number of methoxy groups -OCH3 is 2. The predicted octanol–water partition coefficient (Wildman–Crippen LogP) is 3.65. The van der Waals surface area contributed by atoms with Crippen molar-refractivity contribution in [2.75, 3.05) is 26.2 Å². The molecule has 0 aromatic heterocycles. The summed E-state index contributed by atoms with van der Waals surface area (Å²) in [4.78, 5) is 14.0. The number of aryl methyl sites for hydroxylation is 1. The van der Waals surface area contributed by atoms with Crippen LogP contribution in [0.3, 0.4) is 0 Å². The van der Waals surface area contributed by atoms with Crippen LogP contribution in [0.4, 0.5) is 5.69 Å². The van der Waals surface area contributed by atoms with E-state index in [1.54, 1.807) is 13.3 Å². The van der Waals surface area contributed by atoms with Crippen LogP contribution >= 0.6 is 0 Å². The van der Waals surface area contributed by atoms with Crippen LogP contribution in [0.2, 0.25) is 0 Å². The molecule has 0 aliphatic rings. The Hall–Kier alpha value is -2.75. The molecule has 0 fully saturated rings. The first-order chi connectivity index (χ1) is 11.0. The Morgan fingerprint density at radius 2 is 1.61 bits per heavy atom. The lowest BCUT2D eigenvalue weighted by Crippen LogP contribution is -2.13. The van der Waals surface area contributed by atoms with Crippen LogP contribution in [0.1, 0.15) is 11.1 Å². The van der Waals surface area contributed by atoms with Gasteiger partial charge in [-0.3, -0.25) is 0 Å². The first-order valence-corrected chi connectivity index (χ1v) is 7.29. The molecule has 0 saturated heterocycles. The van der Waals surface area contributed by atoms with E-state index in [9.17, 15) is 4.79 Å². The standard InChI is InChI=1S/C19H21NO3/c1-14-5-9-16(10-6-14)20(2)13-18(19(21)23-4)15-7-11-17(22-3)12-8-15/h5-13H,1-4H3/b18-13-. The summed E-state index contributed by atoms with van der Waals surface area (Å²) in [5.41, 5.74) is 3.44. The number of ether oxygens (including phenoxy) is 2. The largest absolute Gasteiger partial charge is 0.497 e. The van der Waals surface area contributed by atoms with Gasteiger partial charge in [0.25, 0.3) is 0 Å². The maximum Gasteiger partial charge on any atom is 0.339 e. The maximum absolute atomic E-state index is 12.1. The van der Waals surface area contributed by atoms with Crippen molar-refractivity contribution in [3.8, 4) is 5.75 Å². The number of nitrogens with zero attached hydrogens (tertiary/aromatic N) is 1. The summed E-state index contributed by atoms with van der Waals surface area (Å²) >= 11 is 0. The SMILES string of the molecule is COC(=O)/C(=C\N(C)c1ccc(C)cc1)c1ccc(OC)cc1. The Bertz CT molecular complexity index is 688. The molecule has 0 radical (unpaired) electrons. The Balaban J connectivity index is 2.36. The first kappa shape index (κ1) is 16.6. The molecule has 0 spiro atoms. The number of hydrogen-bond acceptors (Lipinski definition) is 4. The summed E-state index contributed by atoms with van der Waals surface area (Å²) in [6.45, 7) is 2.04. The molecule has 120 valence electrons. The fourth-order valence-corrected chi connectivity index (χ4v) is 2.17. The molecule has 0 atom stereocenters. The van der Waals surface area contributed by atoms with Gasteiger partial charge in [-0.25, -0.2) is 4.79 Å². The molecule has 0 heterocycles. The maximum atomic E-state index is 12.1. The highest BCUT2D eigenvalue weighted by Crippen LogP contribution is 2.22. The number of anilines is 1. The van der Waals surface area contributed by atoms with Crippen LogP contribution in [0.25, 0.3) is 5.57 Å². The average molecular weight is 311 g/mol. The molecule has 0 bridgehead atoms. The Morgan fingerprint density at radius 3 is 2.13 bits per heavy atom. The van der Waals surface area contributed by atoms with E-state index >= 15 is 0 Å². The Kier molecular flexibility index (Phi) is 5.41. The van der Waals surface area contributed by atoms with Crippen molar-refractivity contribution in [1.82, 2.24) is 0 Å². The Morgan fingerprint density at radius 1 is 1.00 bits per heavy atom. The molecule has 0 saturated carbocycles. The normalized spacial score (nSPS) is 11.0. The van der Waals surface area contributed by atoms with Crippen LogP contribution in [-0.4, -0.2) is 27.2 Å². The van der Waals surface area contributed by atoms with Crippen LogP contribution in [0, 0.1) is 6.92 Å². The fourth-order valence-electron chi connectivity index (χ4n) is 2.17. The molecule has 2 aromatic carbocycles. The topological polar surface area (TPSA) is 38.8 Å². The summed E-state index contributed by atoms with van der Waals surface area (Å²) in [6.07, 6.45) is 1.78. The van der Waals surface area contributed by atoms with Gasteiger partial charge >= 0.3 is 5.97 Å². The van der Waals surface area contributed by atoms with Crippen LogP contribution in [-0.2, 0) is 9.53 Å². The fraction of sp³-hybridized carbons (Fsp3) is 0.211. The van der Waals surface area contributed by atoms with E-state index in [0.29, 0.717) is 5.57 Å². The zero-order valence-corrected chi connectivity index (χ0v) is 13.9. The zero-order chi connectivity index (χ0) is 16.8. The monoisotopic (exact) mass is 311 g/mol. The predicted molar refractivity (Wildman–Crippen MR) is 92.6 cm³/mol. The highest BCUT2D eigenvalue weighted by atomic mass is 16.5. The van der Waals surface area contributed by atoms with Crippen molar-refractivity contribution < 1.29 is 14.3 Å². The lowest BCUT2D eigenvalue weighted by Gasteiger charge is -2.17. The van der Waals surface area contributed by atoms with E-state index < -0.39 is 0 Å². The van der Waals surface area contributed by atoms with Gasteiger partial charge < -0.3 is 14.4 Å². The van der Waals surface area contributed by atoms with E-state index in [2.05, 4.69) is 0 Å². The van der Waals surface area contributed by atoms with Gasteiger partial charge in [-0.15, -0.1) is 0 Å². The molecule has 23 heavy (non-hydrogen) atoms. The minimum absolute atomic E-state index is 0.380. The highest BCUT2D eigenvalue weighted by molar-refractivity contribution is 6.16. The van der Waals surface area contributed by atoms with Gasteiger partial charge in [-0.2, -0.15) is 0 Å². The van der Waals surface area contributed by atoms with Crippen molar-refractivity contribution in [1.29, 1.82) is 0 Å². The molecular formula is C19H21NO3. The highest BCUT2D eigenvalue weighted by Gasteiger charge is 2.14. The second-order valence-corrected chi connectivity index (χ2v) is 5.21. The van der Waals surface area contributed by atoms with Crippen LogP contribution in [0.15, 0.2) is 54.7 Å². The molecule has 0 N–H and O–H groups in total. The first-order valence-electron chi connectivity index (χ1n) is 7.29.